The maximum atomic E-state index is 12.5. The molecule has 6 unspecified atom stereocenters. The van der Waals surface area contributed by atoms with Crippen molar-refractivity contribution in [3.8, 4) is 0 Å². The van der Waals surface area contributed by atoms with Crippen molar-refractivity contribution < 1.29 is 14.7 Å². The average Bonchev–Trinajstić information content (AvgIpc) is 2.99. The van der Waals surface area contributed by atoms with Gasteiger partial charge in [0.15, 0.2) is 0 Å². The van der Waals surface area contributed by atoms with Gasteiger partial charge in [-0.05, 0) is 50.4 Å². The van der Waals surface area contributed by atoms with E-state index in [1.807, 2.05) is 0 Å². The molecule has 3 rings (SSSR count). The van der Waals surface area contributed by atoms with Crippen LogP contribution in [0.15, 0.2) is 0 Å². The molecular formula is C15H24N2O3. The molecule has 0 spiro atoms. The van der Waals surface area contributed by atoms with E-state index in [0.29, 0.717) is 18.3 Å². The Kier molecular flexibility index (Phi) is 3.71. The Morgan fingerprint density at radius 2 is 1.80 bits per heavy atom. The maximum absolute atomic E-state index is 12.5. The van der Waals surface area contributed by atoms with Crippen molar-refractivity contribution in [2.45, 2.75) is 57.0 Å². The van der Waals surface area contributed by atoms with E-state index in [1.165, 1.54) is 6.42 Å². The minimum atomic E-state index is -0.736. The molecule has 20 heavy (non-hydrogen) atoms. The second kappa shape index (κ2) is 5.35. The quantitative estimate of drug-likeness (QED) is 0.722. The number of carboxylic acids is 1. The number of hydrogen-bond acceptors (Lipinski definition) is 3. The van der Waals surface area contributed by atoms with Gasteiger partial charge in [-0.1, -0.05) is 6.42 Å². The van der Waals surface area contributed by atoms with Gasteiger partial charge in [0.2, 0.25) is 5.91 Å². The summed E-state index contributed by atoms with van der Waals surface area (Å²) in [4.78, 5) is 23.5. The van der Waals surface area contributed by atoms with Crippen LogP contribution >= 0.6 is 0 Å². The van der Waals surface area contributed by atoms with E-state index in [1.54, 1.807) is 0 Å². The van der Waals surface area contributed by atoms with Crippen LogP contribution in [0.4, 0.5) is 0 Å². The Morgan fingerprint density at radius 3 is 2.45 bits per heavy atom. The number of nitrogens with two attached hydrogens (primary N) is 1. The number of amides is 1. The predicted octanol–water partition coefficient (Wildman–Crippen LogP) is 1.12. The third kappa shape index (κ3) is 2.43. The lowest BCUT2D eigenvalue weighted by Gasteiger charge is -2.32. The second-order valence-electron chi connectivity index (χ2n) is 6.84. The van der Waals surface area contributed by atoms with Gasteiger partial charge in [-0.15, -0.1) is 0 Å². The monoisotopic (exact) mass is 280 g/mol. The van der Waals surface area contributed by atoms with Gasteiger partial charge in [0.05, 0.1) is 11.8 Å². The van der Waals surface area contributed by atoms with Crippen LogP contribution in [0.2, 0.25) is 0 Å². The molecule has 0 aromatic heterocycles. The zero-order chi connectivity index (χ0) is 14.3. The molecule has 3 aliphatic rings. The number of carboxylic acid groups (broad SMARTS) is 1. The topological polar surface area (TPSA) is 92.4 Å². The van der Waals surface area contributed by atoms with Crippen LogP contribution in [0.25, 0.3) is 0 Å². The van der Waals surface area contributed by atoms with Crippen molar-refractivity contribution in [3.05, 3.63) is 0 Å². The number of nitrogens with one attached hydrogen (secondary N) is 1. The Balaban J connectivity index is 1.57. The molecule has 112 valence electrons. The summed E-state index contributed by atoms with van der Waals surface area (Å²) in [6.07, 6.45) is 6.46. The van der Waals surface area contributed by atoms with E-state index in [9.17, 15) is 9.59 Å². The molecule has 5 nitrogen and oxygen atoms in total. The van der Waals surface area contributed by atoms with Gasteiger partial charge in [0.25, 0.3) is 0 Å². The van der Waals surface area contributed by atoms with Crippen LogP contribution in [0, 0.1) is 23.7 Å². The zero-order valence-electron chi connectivity index (χ0n) is 11.8. The fourth-order valence-electron chi connectivity index (χ4n) is 4.57. The fourth-order valence-corrected chi connectivity index (χ4v) is 4.57. The highest BCUT2D eigenvalue weighted by molar-refractivity contribution is 5.81. The standard InChI is InChI=1S/C15H24N2O3/c16-13-9-5-4-8(6-9)12(13)14(18)17-11-3-1-2-10(7-11)15(19)20/h8-13H,1-7,16H2,(H,17,18)(H,19,20). The third-order valence-corrected chi connectivity index (χ3v) is 5.65. The van der Waals surface area contributed by atoms with Gasteiger partial charge in [-0.2, -0.15) is 0 Å². The van der Waals surface area contributed by atoms with Crippen LogP contribution in [0.3, 0.4) is 0 Å². The van der Waals surface area contributed by atoms with Crippen molar-refractivity contribution in [3.63, 3.8) is 0 Å². The lowest BCUT2D eigenvalue weighted by atomic mass is 9.82. The Morgan fingerprint density at radius 1 is 1.05 bits per heavy atom. The Hall–Kier alpha value is -1.10. The zero-order valence-corrected chi connectivity index (χ0v) is 11.8. The molecule has 0 saturated heterocycles. The summed E-state index contributed by atoms with van der Waals surface area (Å²) in [6, 6.07) is 0.0243. The molecule has 6 atom stereocenters. The van der Waals surface area contributed by atoms with Crippen LogP contribution in [0.1, 0.15) is 44.9 Å². The first kappa shape index (κ1) is 13.9. The maximum Gasteiger partial charge on any atom is 0.306 e. The molecule has 0 aromatic carbocycles. The van der Waals surface area contributed by atoms with Gasteiger partial charge in [-0.25, -0.2) is 0 Å². The van der Waals surface area contributed by atoms with E-state index >= 15 is 0 Å². The van der Waals surface area contributed by atoms with Crippen LogP contribution in [-0.4, -0.2) is 29.1 Å². The smallest absolute Gasteiger partial charge is 0.306 e. The number of rotatable bonds is 3. The summed E-state index contributed by atoms with van der Waals surface area (Å²) in [5.41, 5.74) is 6.19. The van der Waals surface area contributed by atoms with Gasteiger partial charge in [-0.3, -0.25) is 9.59 Å². The summed E-state index contributed by atoms with van der Waals surface area (Å²) in [5, 5.41) is 12.2. The summed E-state index contributed by atoms with van der Waals surface area (Å²) in [6.45, 7) is 0. The first-order valence-corrected chi connectivity index (χ1v) is 7.85. The first-order valence-electron chi connectivity index (χ1n) is 7.85. The molecule has 4 N–H and O–H groups in total. The summed E-state index contributed by atoms with van der Waals surface area (Å²) >= 11 is 0. The van der Waals surface area contributed by atoms with E-state index in [2.05, 4.69) is 5.32 Å². The fraction of sp³-hybridized carbons (Fsp3) is 0.867. The largest absolute Gasteiger partial charge is 0.481 e. The van der Waals surface area contributed by atoms with Crippen molar-refractivity contribution in [2.24, 2.45) is 29.4 Å². The molecule has 3 fully saturated rings. The molecule has 5 heteroatoms. The van der Waals surface area contributed by atoms with E-state index < -0.39 is 5.97 Å². The summed E-state index contributed by atoms with van der Waals surface area (Å²) in [5.74, 6) is -0.0363. The van der Waals surface area contributed by atoms with E-state index in [0.717, 1.165) is 32.1 Å². The summed E-state index contributed by atoms with van der Waals surface area (Å²) < 4.78 is 0. The molecule has 0 aromatic rings. The molecule has 1 amide bonds. The minimum Gasteiger partial charge on any atom is -0.481 e. The molecule has 0 heterocycles. The first-order chi connectivity index (χ1) is 9.56. The molecule has 0 radical (unpaired) electrons. The van der Waals surface area contributed by atoms with E-state index in [-0.39, 0.29) is 29.8 Å². The van der Waals surface area contributed by atoms with Gasteiger partial charge in [0.1, 0.15) is 0 Å². The van der Waals surface area contributed by atoms with Crippen LogP contribution in [0.5, 0.6) is 0 Å². The van der Waals surface area contributed by atoms with Crippen molar-refractivity contribution in [1.82, 2.24) is 5.32 Å². The van der Waals surface area contributed by atoms with Crippen LogP contribution < -0.4 is 11.1 Å². The van der Waals surface area contributed by atoms with Gasteiger partial charge >= 0.3 is 5.97 Å². The highest BCUT2D eigenvalue weighted by Crippen LogP contribution is 2.47. The van der Waals surface area contributed by atoms with Gasteiger partial charge < -0.3 is 16.2 Å². The minimum absolute atomic E-state index is 0.00705. The number of aliphatic carboxylic acids is 1. The summed E-state index contributed by atoms with van der Waals surface area (Å²) in [7, 11) is 0. The highest BCUT2D eigenvalue weighted by atomic mass is 16.4. The molecule has 3 saturated carbocycles. The molecular weight excluding hydrogens is 256 g/mol. The average molecular weight is 280 g/mol. The van der Waals surface area contributed by atoms with Crippen molar-refractivity contribution in [2.75, 3.05) is 0 Å². The third-order valence-electron chi connectivity index (χ3n) is 5.65. The molecule has 3 aliphatic carbocycles. The Bertz CT molecular complexity index is 410. The number of fused-ring (bicyclic) bond motifs is 2. The second-order valence-corrected chi connectivity index (χ2v) is 6.84. The normalized spacial score (nSPS) is 43.5. The van der Waals surface area contributed by atoms with Crippen molar-refractivity contribution in [1.29, 1.82) is 0 Å². The number of carbonyl (C=O) groups is 2. The number of carbonyl (C=O) groups excluding carboxylic acids is 1. The molecule has 0 aliphatic heterocycles. The lowest BCUT2D eigenvalue weighted by Crippen LogP contribution is -2.49. The lowest BCUT2D eigenvalue weighted by molar-refractivity contribution is -0.143. The van der Waals surface area contributed by atoms with Crippen molar-refractivity contribution >= 4 is 11.9 Å². The molecule has 2 bridgehead atoms. The van der Waals surface area contributed by atoms with Crippen LogP contribution in [-0.2, 0) is 9.59 Å². The SMILES string of the molecule is NC1C2CCC(C2)C1C(=O)NC1CCCC(C(=O)O)C1. The Labute approximate surface area is 119 Å². The highest BCUT2D eigenvalue weighted by Gasteiger charge is 2.49. The van der Waals surface area contributed by atoms with E-state index in [4.69, 9.17) is 10.8 Å². The predicted molar refractivity (Wildman–Crippen MR) is 73.8 cm³/mol. The number of hydrogen-bond donors (Lipinski definition) is 3. The van der Waals surface area contributed by atoms with Gasteiger partial charge in [0, 0.05) is 12.1 Å².